The van der Waals surface area contributed by atoms with Crippen molar-refractivity contribution in [1.82, 2.24) is 0 Å². The van der Waals surface area contributed by atoms with E-state index in [1.165, 1.54) is 17.5 Å². The van der Waals surface area contributed by atoms with Gasteiger partial charge in [-0.05, 0) is 40.8 Å². The number of allylic oxidation sites excluding steroid dienone is 2. The summed E-state index contributed by atoms with van der Waals surface area (Å²) >= 11 is 0. The minimum atomic E-state index is -0.362. The Morgan fingerprint density at radius 3 is 2.70 bits per heavy atom. The Morgan fingerprint density at radius 1 is 1.07 bits per heavy atom. The summed E-state index contributed by atoms with van der Waals surface area (Å²) in [4.78, 5) is 11.2. The van der Waals surface area contributed by atoms with Crippen LogP contribution in [0.5, 0.6) is 5.75 Å². The number of hydrogen-bond acceptors (Lipinski definition) is 4. The van der Waals surface area contributed by atoms with Gasteiger partial charge in [0.25, 0.3) is 5.69 Å². The zero-order valence-electron chi connectivity index (χ0n) is 14.5. The second-order valence-electron chi connectivity index (χ2n) is 7.23. The van der Waals surface area contributed by atoms with Crippen LogP contribution in [0, 0.1) is 16.0 Å². The molecule has 1 heterocycles. The van der Waals surface area contributed by atoms with Crippen molar-refractivity contribution in [2.45, 2.75) is 18.4 Å². The number of phenols is 1. The fourth-order valence-corrected chi connectivity index (χ4v) is 4.57. The number of anilines is 1. The zero-order valence-corrected chi connectivity index (χ0v) is 14.5. The highest BCUT2D eigenvalue weighted by Gasteiger charge is 2.42. The zero-order chi connectivity index (χ0) is 18.5. The highest BCUT2D eigenvalue weighted by molar-refractivity contribution is 5.83. The lowest BCUT2D eigenvalue weighted by molar-refractivity contribution is -0.385. The maximum atomic E-state index is 11.5. The van der Waals surface area contributed by atoms with Gasteiger partial charge < -0.3 is 10.4 Å². The molecular formula is C22H18N2O3. The molecule has 3 atom stereocenters. The van der Waals surface area contributed by atoms with E-state index in [0.29, 0.717) is 11.3 Å². The van der Waals surface area contributed by atoms with Crippen molar-refractivity contribution in [2.24, 2.45) is 5.92 Å². The lowest BCUT2D eigenvalue weighted by atomic mass is 9.76. The molecule has 0 fully saturated rings. The summed E-state index contributed by atoms with van der Waals surface area (Å²) in [5.41, 5.74) is 2.27. The summed E-state index contributed by atoms with van der Waals surface area (Å²) in [6.07, 6.45) is 4.99. The molecule has 3 aromatic rings. The molecule has 0 saturated carbocycles. The van der Waals surface area contributed by atoms with Crippen molar-refractivity contribution < 1.29 is 10.0 Å². The third kappa shape index (κ3) is 2.39. The first-order valence-corrected chi connectivity index (χ1v) is 9.05. The van der Waals surface area contributed by atoms with E-state index in [2.05, 4.69) is 41.7 Å². The maximum absolute atomic E-state index is 11.5. The number of nitrogens with one attached hydrogen (secondary N) is 1. The Kier molecular flexibility index (Phi) is 3.44. The number of nitro groups is 1. The van der Waals surface area contributed by atoms with Gasteiger partial charge in [0, 0.05) is 12.0 Å². The van der Waals surface area contributed by atoms with Gasteiger partial charge in [0.1, 0.15) is 5.75 Å². The average Bonchev–Trinajstić information content (AvgIpc) is 3.17. The molecular weight excluding hydrogens is 340 g/mol. The van der Waals surface area contributed by atoms with Crippen LogP contribution in [0.3, 0.4) is 0 Å². The van der Waals surface area contributed by atoms with Gasteiger partial charge in [-0.1, -0.05) is 48.6 Å². The fraction of sp³-hybridized carbons (Fsp3) is 0.182. The minimum Gasteiger partial charge on any atom is -0.506 e. The first kappa shape index (κ1) is 15.9. The van der Waals surface area contributed by atoms with E-state index in [-0.39, 0.29) is 34.2 Å². The molecule has 2 N–H and O–H groups in total. The summed E-state index contributed by atoms with van der Waals surface area (Å²) in [5, 5.41) is 27.7. The van der Waals surface area contributed by atoms with Gasteiger partial charge in [-0.2, -0.15) is 0 Å². The fourth-order valence-electron chi connectivity index (χ4n) is 4.57. The van der Waals surface area contributed by atoms with Crippen LogP contribution >= 0.6 is 0 Å². The third-order valence-corrected chi connectivity index (χ3v) is 5.80. The SMILES string of the molecule is O=[N+]([O-])c1ccc(O)c2c1C1C=CCC1C(c1ccc3ccccc3c1)N2. The molecule has 0 aromatic heterocycles. The van der Waals surface area contributed by atoms with Crippen LogP contribution in [-0.2, 0) is 0 Å². The maximum Gasteiger partial charge on any atom is 0.275 e. The Balaban J connectivity index is 1.66. The van der Waals surface area contributed by atoms with Crippen LogP contribution in [0.1, 0.15) is 29.5 Å². The molecule has 0 radical (unpaired) electrons. The molecule has 3 unspecified atom stereocenters. The Hall–Kier alpha value is -3.34. The lowest BCUT2D eigenvalue weighted by Crippen LogP contribution is -2.29. The van der Waals surface area contributed by atoms with E-state index in [9.17, 15) is 15.2 Å². The summed E-state index contributed by atoms with van der Waals surface area (Å²) in [7, 11) is 0. The number of rotatable bonds is 2. The Bertz CT molecular complexity index is 1110. The van der Waals surface area contributed by atoms with Crippen molar-refractivity contribution >= 4 is 22.1 Å². The molecule has 5 nitrogen and oxygen atoms in total. The smallest absolute Gasteiger partial charge is 0.275 e. The number of benzene rings is 3. The summed E-state index contributed by atoms with van der Waals surface area (Å²) in [6.45, 7) is 0. The van der Waals surface area contributed by atoms with Crippen molar-refractivity contribution in [3.05, 3.63) is 88.0 Å². The molecule has 3 aromatic carbocycles. The molecule has 0 spiro atoms. The van der Waals surface area contributed by atoms with Gasteiger partial charge in [0.15, 0.2) is 0 Å². The second kappa shape index (κ2) is 5.84. The number of nitro benzene ring substituents is 1. The van der Waals surface area contributed by atoms with Gasteiger partial charge >= 0.3 is 0 Å². The topological polar surface area (TPSA) is 75.4 Å². The molecule has 0 bridgehead atoms. The monoisotopic (exact) mass is 358 g/mol. The molecule has 1 aliphatic carbocycles. The van der Waals surface area contributed by atoms with Gasteiger partial charge in [-0.15, -0.1) is 0 Å². The quantitative estimate of drug-likeness (QED) is 0.283. The van der Waals surface area contributed by atoms with Crippen molar-refractivity contribution in [2.75, 3.05) is 5.32 Å². The second-order valence-corrected chi connectivity index (χ2v) is 7.23. The standard InChI is InChI=1S/C22H18N2O3/c25-19-11-10-18(24(26)27)20-16-6-3-7-17(16)21(23-22(19)20)15-9-8-13-4-1-2-5-14(13)12-15/h1-6,8-12,16-17,21,23,25H,7H2. The molecule has 0 amide bonds. The molecule has 0 saturated heterocycles. The summed E-state index contributed by atoms with van der Waals surface area (Å²) in [6, 6.07) is 17.4. The van der Waals surface area contributed by atoms with Gasteiger partial charge in [-0.25, -0.2) is 0 Å². The molecule has 27 heavy (non-hydrogen) atoms. The highest BCUT2D eigenvalue weighted by Crippen LogP contribution is 2.54. The average molecular weight is 358 g/mol. The van der Waals surface area contributed by atoms with Crippen LogP contribution in [0.15, 0.2) is 66.7 Å². The van der Waals surface area contributed by atoms with E-state index in [0.717, 1.165) is 17.4 Å². The van der Waals surface area contributed by atoms with Gasteiger partial charge in [0.2, 0.25) is 0 Å². The normalized spacial score (nSPS) is 22.9. The number of aromatic hydroxyl groups is 1. The van der Waals surface area contributed by atoms with Crippen LogP contribution in [0.25, 0.3) is 10.8 Å². The Labute approximate surface area is 156 Å². The number of hydrogen-bond donors (Lipinski definition) is 2. The summed E-state index contributed by atoms with van der Waals surface area (Å²) < 4.78 is 0. The molecule has 134 valence electrons. The largest absolute Gasteiger partial charge is 0.506 e. The number of phenolic OH excluding ortho intramolecular Hbond substituents is 1. The lowest BCUT2D eigenvalue weighted by Gasteiger charge is -2.37. The van der Waals surface area contributed by atoms with E-state index in [1.807, 2.05) is 18.2 Å². The van der Waals surface area contributed by atoms with Gasteiger partial charge in [0.05, 0.1) is 22.2 Å². The van der Waals surface area contributed by atoms with E-state index in [4.69, 9.17) is 0 Å². The van der Waals surface area contributed by atoms with Crippen LogP contribution in [0.4, 0.5) is 11.4 Å². The van der Waals surface area contributed by atoms with Crippen LogP contribution < -0.4 is 5.32 Å². The first-order valence-electron chi connectivity index (χ1n) is 9.05. The van der Waals surface area contributed by atoms with E-state index in [1.54, 1.807) is 0 Å². The minimum absolute atomic E-state index is 0.0185. The Morgan fingerprint density at radius 2 is 1.89 bits per heavy atom. The van der Waals surface area contributed by atoms with Crippen LogP contribution in [-0.4, -0.2) is 10.0 Å². The molecule has 2 aliphatic rings. The number of nitrogens with zero attached hydrogens (tertiary/aromatic N) is 1. The van der Waals surface area contributed by atoms with Crippen molar-refractivity contribution in [3.8, 4) is 5.75 Å². The summed E-state index contributed by atoms with van der Waals surface area (Å²) in [5.74, 6) is 0.157. The molecule has 1 aliphatic heterocycles. The third-order valence-electron chi connectivity index (χ3n) is 5.80. The molecule has 5 heteroatoms. The van der Waals surface area contributed by atoms with Crippen molar-refractivity contribution in [1.29, 1.82) is 0 Å². The van der Waals surface area contributed by atoms with Crippen LogP contribution in [0.2, 0.25) is 0 Å². The predicted molar refractivity (Wildman–Crippen MR) is 105 cm³/mol. The van der Waals surface area contributed by atoms with E-state index >= 15 is 0 Å². The first-order chi connectivity index (χ1) is 13.1. The number of fused-ring (bicyclic) bond motifs is 4. The predicted octanol–water partition coefficient (Wildman–Crippen LogP) is 5.28. The highest BCUT2D eigenvalue weighted by atomic mass is 16.6. The molecule has 5 rings (SSSR count). The van der Waals surface area contributed by atoms with Crippen molar-refractivity contribution in [3.63, 3.8) is 0 Å². The van der Waals surface area contributed by atoms with E-state index < -0.39 is 0 Å². The van der Waals surface area contributed by atoms with Gasteiger partial charge in [-0.3, -0.25) is 10.1 Å².